The van der Waals surface area contributed by atoms with Gasteiger partial charge in [-0.3, -0.25) is 4.21 Å². The zero-order valence-corrected chi connectivity index (χ0v) is 11.7. The number of likely N-dealkylation sites (tertiary alicyclic amines) is 1. The van der Waals surface area contributed by atoms with Gasteiger partial charge in [0.25, 0.3) is 0 Å². The summed E-state index contributed by atoms with van der Waals surface area (Å²) in [5.74, 6) is 0.306. The summed E-state index contributed by atoms with van der Waals surface area (Å²) in [7, 11) is -0.754. The van der Waals surface area contributed by atoms with Crippen LogP contribution in [0.15, 0.2) is 0 Å². The Balaban J connectivity index is 1.90. The van der Waals surface area contributed by atoms with E-state index in [1.165, 1.54) is 4.90 Å². The highest BCUT2D eigenvalue weighted by atomic mass is 32.2. The Morgan fingerprint density at radius 2 is 1.84 bits per heavy atom. The lowest BCUT2D eigenvalue weighted by Gasteiger charge is -2.34. The molecule has 2 aliphatic rings. The van der Waals surface area contributed by atoms with E-state index in [4.69, 9.17) is 5.11 Å². The summed E-state index contributed by atoms with van der Waals surface area (Å²) >= 11 is 0. The number of carboxylic acids is 1. The molecule has 1 atom stereocenters. The van der Waals surface area contributed by atoms with Gasteiger partial charge in [-0.1, -0.05) is 0 Å². The predicted molar refractivity (Wildman–Crippen MR) is 71.4 cm³/mol. The van der Waals surface area contributed by atoms with Gasteiger partial charge < -0.3 is 15.3 Å². The Labute approximate surface area is 115 Å². The number of nitrogens with one attached hydrogen (secondary N) is 1. The maximum absolute atomic E-state index is 12.1. The second kappa shape index (κ2) is 6.36. The van der Waals surface area contributed by atoms with Crippen molar-refractivity contribution in [3.8, 4) is 0 Å². The highest BCUT2D eigenvalue weighted by molar-refractivity contribution is 7.85. The number of carbonyl (C=O) groups is 2. The summed E-state index contributed by atoms with van der Waals surface area (Å²) in [6.45, 7) is 0.501. The number of nitrogens with zero attached hydrogens (tertiary/aromatic N) is 1. The van der Waals surface area contributed by atoms with Gasteiger partial charge in [-0.05, 0) is 32.1 Å². The van der Waals surface area contributed by atoms with Crippen LogP contribution in [-0.4, -0.2) is 56.3 Å². The van der Waals surface area contributed by atoms with Crippen LogP contribution in [0, 0.1) is 0 Å². The molecular weight excluding hydrogens is 268 g/mol. The molecule has 0 bridgehead atoms. The van der Waals surface area contributed by atoms with Gasteiger partial charge in [0.1, 0.15) is 6.04 Å². The number of carboxylic acid groups (broad SMARTS) is 1. The van der Waals surface area contributed by atoms with Crippen molar-refractivity contribution in [3.63, 3.8) is 0 Å². The predicted octanol–water partition coefficient (Wildman–Crippen LogP) is 0.546. The minimum absolute atomic E-state index is 0.0292. The first-order chi connectivity index (χ1) is 9.08. The molecule has 2 aliphatic heterocycles. The molecule has 0 aromatic heterocycles. The summed E-state index contributed by atoms with van der Waals surface area (Å²) in [6, 6.07) is -0.960. The van der Waals surface area contributed by atoms with Gasteiger partial charge >= 0.3 is 12.0 Å². The molecule has 2 amide bonds. The molecule has 19 heavy (non-hydrogen) atoms. The lowest BCUT2D eigenvalue weighted by molar-refractivity contribution is -0.143. The SMILES string of the molecule is O=C(O)C1CCCCN1C(=O)NC1CCS(=O)CC1. The number of rotatable bonds is 2. The maximum atomic E-state index is 12.1. The van der Waals surface area contributed by atoms with E-state index in [2.05, 4.69) is 5.32 Å². The second-order valence-electron chi connectivity index (χ2n) is 5.12. The quantitative estimate of drug-likeness (QED) is 0.776. The van der Waals surface area contributed by atoms with Crippen LogP contribution in [0.3, 0.4) is 0 Å². The molecule has 0 aliphatic carbocycles. The Bertz CT molecular complexity index is 378. The molecule has 2 fully saturated rings. The summed E-state index contributed by atoms with van der Waals surface area (Å²) in [5, 5.41) is 12.0. The highest BCUT2D eigenvalue weighted by Gasteiger charge is 2.33. The Kier molecular flexibility index (Phi) is 4.79. The van der Waals surface area contributed by atoms with E-state index in [0.29, 0.717) is 37.3 Å². The first-order valence-corrected chi connectivity index (χ1v) is 8.21. The van der Waals surface area contributed by atoms with Crippen LogP contribution in [0.2, 0.25) is 0 Å². The molecule has 0 radical (unpaired) electrons. The number of carbonyl (C=O) groups excluding carboxylic acids is 1. The largest absolute Gasteiger partial charge is 0.480 e. The van der Waals surface area contributed by atoms with Crippen LogP contribution in [0.4, 0.5) is 4.79 Å². The fourth-order valence-corrected chi connectivity index (χ4v) is 3.93. The lowest BCUT2D eigenvalue weighted by Crippen LogP contribution is -2.54. The molecule has 0 aromatic carbocycles. The van der Waals surface area contributed by atoms with Gasteiger partial charge in [0.15, 0.2) is 0 Å². The topological polar surface area (TPSA) is 86.7 Å². The van der Waals surface area contributed by atoms with E-state index in [0.717, 1.165) is 12.8 Å². The molecule has 0 aromatic rings. The van der Waals surface area contributed by atoms with Crippen molar-refractivity contribution < 1.29 is 18.9 Å². The van der Waals surface area contributed by atoms with Crippen LogP contribution in [0.5, 0.6) is 0 Å². The Hall–Kier alpha value is -1.11. The third kappa shape index (κ3) is 3.68. The minimum Gasteiger partial charge on any atom is -0.480 e. The zero-order chi connectivity index (χ0) is 13.8. The van der Waals surface area contributed by atoms with Crippen LogP contribution >= 0.6 is 0 Å². The number of urea groups is 1. The third-order valence-corrected chi connectivity index (χ3v) is 5.15. The molecular formula is C12H20N2O4S. The summed E-state index contributed by atoms with van der Waals surface area (Å²) < 4.78 is 11.2. The molecule has 2 N–H and O–H groups in total. The van der Waals surface area contributed by atoms with E-state index in [-0.39, 0.29) is 12.1 Å². The van der Waals surface area contributed by atoms with Gasteiger partial charge in [-0.2, -0.15) is 0 Å². The standard InChI is InChI=1S/C12H20N2O4S/c15-11(16)10-3-1-2-6-14(10)12(17)13-9-4-7-19(18)8-5-9/h9-10H,1-8H2,(H,13,17)(H,15,16). The molecule has 6 nitrogen and oxygen atoms in total. The average molecular weight is 288 g/mol. The Morgan fingerprint density at radius 3 is 2.47 bits per heavy atom. The number of amides is 2. The fourth-order valence-electron chi connectivity index (χ4n) is 2.63. The van der Waals surface area contributed by atoms with Crippen LogP contribution in [0.1, 0.15) is 32.1 Å². The summed E-state index contributed by atoms with van der Waals surface area (Å²) in [6.07, 6.45) is 3.65. The smallest absolute Gasteiger partial charge is 0.326 e. The van der Waals surface area contributed by atoms with E-state index in [9.17, 15) is 13.8 Å². The number of hydrogen-bond donors (Lipinski definition) is 2. The van der Waals surface area contributed by atoms with Gasteiger partial charge in [0.2, 0.25) is 0 Å². The molecule has 1 unspecified atom stereocenters. The van der Waals surface area contributed by atoms with Gasteiger partial charge in [-0.15, -0.1) is 0 Å². The van der Waals surface area contributed by atoms with Crippen LogP contribution in [-0.2, 0) is 15.6 Å². The maximum Gasteiger partial charge on any atom is 0.326 e. The van der Waals surface area contributed by atoms with Crippen molar-refractivity contribution >= 4 is 22.8 Å². The fraction of sp³-hybridized carbons (Fsp3) is 0.833. The minimum atomic E-state index is -0.931. The summed E-state index contributed by atoms with van der Waals surface area (Å²) in [4.78, 5) is 24.7. The van der Waals surface area contributed by atoms with Crippen molar-refractivity contribution in [2.45, 2.75) is 44.2 Å². The molecule has 7 heteroatoms. The van der Waals surface area contributed by atoms with Crippen molar-refractivity contribution in [3.05, 3.63) is 0 Å². The van der Waals surface area contributed by atoms with Gasteiger partial charge in [0, 0.05) is 34.9 Å². The van der Waals surface area contributed by atoms with Crippen LogP contribution in [0.25, 0.3) is 0 Å². The summed E-state index contributed by atoms with van der Waals surface area (Å²) in [5.41, 5.74) is 0. The van der Waals surface area contributed by atoms with Crippen molar-refractivity contribution in [1.82, 2.24) is 10.2 Å². The number of aliphatic carboxylic acids is 1. The first-order valence-electron chi connectivity index (χ1n) is 6.73. The highest BCUT2D eigenvalue weighted by Crippen LogP contribution is 2.18. The van der Waals surface area contributed by atoms with Gasteiger partial charge in [-0.25, -0.2) is 9.59 Å². The average Bonchev–Trinajstić information content (AvgIpc) is 2.41. The van der Waals surface area contributed by atoms with E-state index < -0.39 is 22.8 Å². The molecule has 2 rings (SSSR count). The van der Waals surface area contributed by atoms with E-state index >= 15 is 0 Å². The monoisotopic (exact) mass is 288 g/mol. The molecule has 108 valence electrons. The normalized spacial score (nSPS) is 31.8. The zero-order valence-electron chi connectivity index (χ0n) is 10.8. The van der Waals surface area contributed by atoms with Crippen LogP contribution < -0.4 is 5.32 Å². The first kappa shape index (κ1) is 14.3. The molecule has 2 saturated heterocycles. The second-order valence-corrected chi connectivity index (χ2v) is 6.81. The van der Waals surface area contributed by atoms with E-state index in [1.807, 2.05) is 0 Å². The Morgan fingerprint density at radius 1 is 1.16 bits per heavy atom. The van der Waals surface area contributed by atoms with Crippen molar-refractivity contribution in [2.24, 2.45) is 0 Å². The molecule has 0 spiro atoms. The number of piperidine rings is 1. The lowest BCUT2D eigenvalue weighted by atomic mass is 10.0. The van der Waals surface area contributed by atoms with E-state index in [1.54, 1.807) is 0 Å². The third-order valence-electron chi connectivity index (χ3n) is 3.76. The van der Waals surface area contributed by atoms with Crippen molar-refractivity contribution in [1.29, 1.82) is 0 Å². The molecule has 2 heterocycles. The number of hydrogen-bond acceptors (Lipinski definition) is 3. The molecule has 0 saturated carbocycles. The van der Waals surface area contributed by atoms with Crippen molar-refractivity contribution in [2.75, 3.05) is 18.1 Å². The van der Waals surface area contributed by atoms with Gasteiger partial charge in [0.05, 0.1) is 0 Å².